The molecule has 0 aromatic heterocycles. The van der Waals surface area contributed by atoms with Crippen LogP contribution in [0.5, 0.6) is 0 Å². The summed E-state index contributed by atoms with van der Waals surface area (Å²) in [5.74, 6) is -4.27. The van der Waals surface area contributed by atoms with Crippen LogP contribution in [0.1, 0.15) is 34.6 Å². The van der Waals surface area contributed by atoms with Gasteiger partial charge in [-0.3, -0.25) is 24.0 Å². The SMILES string of the molecule is CC(=O)OC[C@H]1O[C@H](OC(C)=O)[C@@](CN=[N+]=[N-])(OC(C)=O)[C@@H](OC(C)=O)[C@@H]1OC(C)=O. The monoisotopic (exact) mass is 445 g/mol. The molecule has 0 N–H and O–H groups in total. The maximum atomic E-state index is 11.9. The van der Waals surface area contributed by atoms with E-state index in [1.54, 1.807) is 0 Å². The van der Waals surface area contributed by atoms with E-state index in [1.165, 1.54) is 0 Å². The Morgan fingerprint density at radius 3 is 1.94 bits per heavy atom. The number of ether oxygens (including phenoxy) is 6. The summed E-state index contributed by atoms with van der Waals surface area (Å²) in [6, 6.07) is 0. The van der Waals surface area contributed by atoms with Gasteiger partial charge in [-0.2, -0.15) is 0 Å². The molecule has 1 fully saturated rings. The van der Waals surface area contributed by atoms with Crippen molar-refractivity contribution in [3.8, 4) is 0 Å². The van der Waals surface area contributed by atoms with E-state index in [9.17, 15) is 24.0 Å². The summed E-state index contributed by atoms with van der Waals surface area (Å²) in [6.07, 6.45) is -6.25. The van der Waals surface area contributed by atoms with Crippen LogP contribution in [0.15, 0.2) is 5.11 Å². The van der Waals surface area contributed by atoms with Crippen molar-refractivity contribution in [3.05, 3.63) is 10.4 Å². The minimum atomic E-state index is -2.22. The van der Waals surface area contributed by atoms with Gasteiger partial charge in [-0.1, -0.05) is 5.11 Å². The van der Waals surface area contributed by atoms with E-state index in [1.807, 2.05) is 0 Å². The smallest absolute Gasteiger partial charge is 0.305 e. The van der Waals surface area contributed by atoms with E-state index < -0.39 is 73.2 Å². The van der Waals surface area contributed by atoms with Crippen molar-refractivity contribution in [1.29, 1.82) is 0 Å². The Bertz CT molecular complexity index is 773. The van der Waals surface area contributed by atoms with Crippen LogP contribution < -0.4 is 0 Å². The lowest BCUT2D eigenvalue weighted by molar-refractivity contribution is -0.333. The van der Waals surface area contributed by atoms with Gasteiger partial charge in [0, 0.05) is 39.5 Å². The van der Waals surface area contributed by atoms with Crippen LogP contribution in [-0.4, -0.2) is 73.2 Å². The molecule has 1 rings (SSSR count). The highest BCUT2D eigenvalue weighted by Crippen LogP contribution is 2.38. The third kappa shape index (κ3) is 7.12. The summed E-state index contributed by atoms with van der Waals surface area (Å²) in [7, 11) is 0. The zero-order valence-corrected chi connectivity index (χ0v) is 17.6. The van der Waals surface area contributed by atoms with Crippen LogP contribution in [0.4, 0.5) is 0 Å². The minimum Gasteiger partial charge on any atom is -0.463 e. The Balaban J connectivity index is 3.69. The molecule has 0 spiro atoms. The number of carbonyl (C=O) groups is 5. The van der Waals surface area contributed by atoms with Crippen molar-refractivity contribution in [3.63, 3.8) is 0 Å². The van der Waals surface area contributed by atoms with E-state index >= 15 is 0 Å². The summed E-state index contributed by atoms with van der Waals surface area (Å²) >= 11 is 0. The molecule has 0 aliphatic carbocycles. The number of hydrogen-bond acceptors (Lipinski definition) is 12. The fourth-order valence-corrected chi connectivity index (χ4v) is 2.96. The molecule has 1 aliphatic rings. The summed E-state index contributed by atoms with van der Waals surface area (Å²) in [5, 5.41) is 3.36. The molecular weight excluding hydrogens is 422 g/mol. The molecule has 172 valence electrons. The second-order valence-corrected chi connectivity index (χ2v) is 6.46. The normalized spacial score (nSPS) is 27.1. The van der Waals surface area contributed by atoms with Gasteiger partial charge in [0.05, 0.1) is 6.54 Å². The molecule has 1 heterocycles. The van der Waals surface area contributed by atoms with Gasteiger partial charge in [0.25, 0.3) is 0 Å². The quantitative estimate of drug-likeness (QED) is 0.164. The van der Waals surface area contributed by atoms with E-state index in [0.29, 0.717) is 0 Å². The molecule has 0 saturated carbocycles. The van der Waals surface area contributed by atoms with Crippen LogP contribution in [0, 0.1) is 0 Å². The second-order valence-electron chi connectivity index (χ2n) is 6.46. The molecule has 5 atom stereocenters. The number of esters is 5. The second kappa shape index (κ2) is 11.1. The van der Waals surface area contributed by atoms with Crippen molar-refractivity contribution < 1.29 is 52.4 Å². The Kier molecular flexibility index (Phi) is 9.21. The summed E-state index contributed by atoms with van der Waals surface area (Å²) < 4.78 is 31.5. The van der Waals surface area contributed by atoms with Crippen molar-refractivity contribution >= 4 is 29.8 Å². The van der Waals surface area contributed by atoms with Gasteiger partial charge in [-0.25, -0.2) is 0 Å². The molecule has 0 aromatic rings. The summed E-state index contributed by atoms with van der Waals surface area (Å²) in [5.41, 5.74) is 6.59. The largest absolute Gasteiger partial charge is 0.463 e. The van der Waals surface area contributed by atoms with Gasteiger partial charge in [-0.05, 0) is 5.53 Å². The predicted octanol–water partition coefficient (Wildman–Crippen LogP) is 0.313. The number of azide groups is 1. The maximum Gasteiger partial charge on any atom is 0.305 e. The fourth-order valence-electron chi connectivity index (χ4n) is 2.96. The van der Waals surface area contributed by atoms with Crippen LogP contribution in [0.3, 0.4) is 0 Å². The average molecular weight is 445 g/mol. The third-order valence-corrected chi connectivity index (χ3v) is 3.88. The highest BCUT2D eigenvalue weighted by molar-refractivity contribution is 5.70. The molecule has 0 bridgehead atoms. The molecule has 0 aromatic carbocycles. The lowest BCUT2D eigenvalue weighted by Gasteiger charge is -2.50. The predicted molar refractivity (Wildman–Crippen MR) is 96.7 cm³/mol. The van der Waals surface area contributed by atoms with Gasteiger partial charge in [0.1, 0.15) is 12.7 Å². The lowest BCUT2D eigenvalue weighted by atomic mass is 9.85. The van der Waals surface area contributed by atoms with Gasteiger partial charge < -0.3 is 28.4 Å². The van der Waals surface area contributed by atoms with Crippen LogP contribution in [0.25, 0.3) is 10.4 Å². The molecule has 0 radical (unpaired) electrons. The minimum absolute atomic E-state index is 0.500. The molecular formula is C17H23N3O11. The molecule has 31 heavy (non-hydrogen) atoms. The zero-order valence-electron chi connectivity index (χ0n) is 17.6. The first-order valence-corrected chi connectivity index (χ1v) is 8.93. The molecule has 0 unspecified atom stereocenters. The Hall–Kier alpha value is -3.38. The van der Waals surface area contributed by atoms with Crippen molar-refractivity contribution in [2.24, 2.45) is 5.11 Å². The summed E-state index contributed by atoms with van der Waals surface area (Å²) in [4.78, 5) is 61.0. The first-order valence-electron chi connectivity index (χ1n) is 8.93. The number of rotatable bonds is 8. The zero-order chi connectivity index (χ0) is 23.8. The number of hydrogen-bond donors (Lipinski definition) is 0. The van der Waals surface area contributed by atoms with E-state index in [-0.39, 0.29) is 0 Å². The van der Waals surface area contributed by atoms with Gasteiger partial charge in [0.15, 0.2) is 12.2 Å². The van der Waals surface area contributed by atoms with Crippen molar-refractivity contribution in [2.45, 2.75) is 64.8 Å². The standard InChI is InChI=1S/C17H23N3O11/c1-8(21)26-6-13-14(27-9(2)22)15(28-10(3)23)17(7-19-20-18,31-12(5)25)16(30-13)29-11(4)24/h13-16H,6-7H2,1-5H3/t13-,14-,15+,16+,17+/m1/s1. The van der Waals surface area contributed by atoms with E-state index in [2.05, 4.69) is 10.0 Å². The first-order chi connectivity index (χ1) is 14.4. The average Bonchev–Trinajstić information content (AvgIpc) is 2.62. The number of carbonyl (C=O) groups excluding carboxylic acids is 5. The molecule has 1 saturated heterocycles. The Morgan fingerprint density at radius 2 is 1.48 bits per heavy atom. The molecule has 1 aliphatic heterocycles. The van der Waals surface area contributed by atoms with Crippen molar-refractivity contribution in [1.82, 2.24) is 0 Å². The van der Waals surface area contributed by atoms with Crippen LogP contribution in [-0.2, 0) is 52.4 Å². The topological polar surface area (TPSA) is 189 Å². The lowest BCUT2D eigenvalue weighted by Crippen LogP contribution is -2.71. The van der Waals surface area contributed by atoms with E-state index in [0.717, 1.165) is 34.6 Å². The fraction of sp³-hybridized carbons (Fsp3) is 0.706. The Morgan fingerprint density at radius 1 is 0.903 bits per heavy atom. The van der Waals surface area contributed by atoms with Gasteiger partial charge >= 0.3 is 29.8 Å². The highest BCUT2D eigenvalue weighted by Gasteiger charge is 2.64. The number of nitrogens with zero attached hydrogens (tertiary/aromatic N) is 3. The molecule has 0 amide bonds. The van der Waals surface area contributed by atoms with Crippen molar-refractivity contribution in [2.75, 3.05) is 13.2 Å². The highest BCUT2D eigenvalue weighted by atomic mass is 16.8. The van der Waals surface area contributed by atoms with Gasteiger partial charge in [-0.15, -0.1) is 0 Å². The Labute approximate surface area is 176 Å². The maximum absolute atomic E-state index is 11.9. The third-order valence-electron chi connectivity index (χ3n) is 3.88. The van der Waals surface area contributed by atoms with Gasteiger partial charge in [0.2, 0.25) is 11.9 Å². The van der Waals surface area contributed by atoms with Crippen LogP contribution >= 0.6 is 0 Å². The van der Waals surface area contributed by atoms with Crippen LogP contribution in [0.2, 0.25) is 0 Å². The van der Waals surface area contributed by atoms with E-state index in [4.69, 9.17) is 34.0 Å². The molecule has 14 heteroatoms. The molecule has 14 nitrogen and oxygen atoms in total. The summed E-state index contributed by atoms with van der Waals surface area (Å²) in [6.45, 7) is 3.98. The first kappa shape index (κ1) is 25.7.